The molecule has 1 aliphatic rings. The van der Waals surface area contributed by atoms with E-state index in [9.17, 15) is 14.3 Å². The second-order valence-electron chi connectivity index (χ2n) is 8.87. The van der Waals surface area contributed by atoms with Crippen LogP contribution in [0.5, 0.6) is 0 Å². The van der Waals surface area contributed by atoms with Gasteiger partial charge in [0.15, 0.2) is 8.32 Å². The Balaban J connectivity index is 2.26. The molecule has 0 unspecified atom stereocenters. The van der Waals surface area contributed by atoms with Crippen LogP contribution in [0, 0.1) is 5.82 Å². The van der Waals surface area contributed by atoms with Gasteiger partial charge in [-0.3, -0.25) is 4.79 Å². The number of piperidine rings is 1. The highest BCUT2D eigenvalue weighted by atomic mass is 35.5. The quantitative estimate of drug-likeness (QED) is 0.685. The Kier molecular flexibility index (Phi) is 6.78. The summed E-state index contributed by atoms with van der Waals surface area (Å²) in [5, 5.41) is 9.94. The molecule has 0 aromatic heterocycles. The fraction of sp³-hybridized carbons (Fsp3) is 0.650. The van der Waals surface area contributed by atoms with E-state index in [1.54, 1.807) is 4.90 Å². The maximum Gasteiger partial charge on any atom is 0.223 e. The number of nitrogens with zero attached hydrogens (tertiary/aromatic N) is 1. The van der Waals surface area contributed by atoms with E-state index >= 15 is 0 Å². The van der Waals surface area contributed by atoms with Crippen molar-refractivity contribution in [2.75, 3.05) is 6.54 Å². The molecule has 1 aromatic carbocycles. The minimum absolute atomic E-state index is 0.0156. The molecule has 1 fully saturated rings. The molecule has 2 atom stereocenters. The van der Waals surface area contributed by atoms with Crippen molar-refractivity contribution in [3.8, 4) is 0 Å². The first kappa shape index (κ1) is 22.3. The largest absolute Gasteiger partial charge is 0.412 e. The summed E-state index contributed by atoms with van der Waals surface area (Å²) >= 11 is 6.10. The molecule has 7 heteroatoms. The predicted molar refractivity (Wildman–Crippen MR) is 109 cm³/mol. The van der Waals surface area contributed by atoms with Gasteiger partial charge in [-0.25, -0.2) is 4.39 Å². The molecule has 2 rings (SSSR count). The first-order chi connectivity index (χ1) is 12.4. The molecular formula is C20H31ClFNO3Si. The van der Waals surface area contributed by atoms with Gasteiger partial charge in [0, 0.05) is 23.6 Å². The Hall–Kier alpha value is -0.953. The number of carbonyl (C=O) groups is 1. The molecule has 4 nitrogen and oxygen atoms in total. The summed E-state index contributed by atoms with van der Waals surface area (Å²) in [6.45, 7) is 13.0. The summed E-state index contributed by atoms with van der Waals surface area (Å²) in [5.41, 5.74) is 1.01. The number of carbonyl (C=O) groups excluding carboxylic acids is 1. The number of likely N-dealkylation sites (tertiary alicyclic amines) is 1. The highest BCUT2D eigenvalue weighted by Gasteiger charge is 2.41. The number of aliphatic hydroxyl groups excluding tert-OH is 1. The highest BCUT2D eigenvalue weighted by molar-refractivity contribution is 6.74. The van der Waals surface area contributed by atoms with E-state index in [1.165, 1.54) is 12.1 Å². The second-order valence-corrected chi connectivity index (χ2v) is 14.0. The third-order valence-electron chi connectivity index (χ3n) is 5.94. The Morgan fingerprint density at radius 1 is 1.41 bits per heavy atom. The van der Waals surface area contributed by atoms with Gasteiger partial charge in [-0.2, -0.15) is 0 Å². The predicted octanol–water partition coefficient (Wildman–Crippen LogP) is 5.05. The maximum atomic E-state index is 13.9. The zero-order valence-corrected chi connectivity index (χ0v) is 18.9. The van der Waals surface area contributed by atoms with E-state index in [-0.39, 0.29) is 28.7 Å². The van der Waals surface area contributed by atoms with E-state index in [2.05, 4.69) is 33.9 Å². The van der Waals surface area contributed by atoms with Crippen LogP contribution in [0.25, 0.3) is 0 Å². The van der Waals surface area contributed by atoms with Crippen molar-refractivity contribution in [1.82, 2.24) is 4.90 Å². The molecular weight excluding hydrogens is 385 g/mol. The second kappa shape index (κ2) is 8.19. The third-order valence-corrected chi connectivity index (χ3v) is 10.8. The molecule has 27 heavy (non-hydrogen) atoms. The van der Waals surface area contributed by atoms with E-state index in [0.29, 0.717) is 30.5 Å². The average molecular weight is 416 g/mol. The summed E-state index contributed by atoms with van der Waals surface area (Å²) < 4.78 is 20.4. The van der Waals surface area contributed by atoms with E-state index < -0.39 is 20.2 Å². The SMILES string of the molecule is C[C@@H](c1cc(F)cc(Cl)c1CO)N1C[C@@H](O[Si](C)(C)C(C)(C)C)CCC1=O. The lowest BCUT2D eigenvalue weighted by Gasteiger charge is -2.43. The molecule has 0 radical (unpaired) electrons. The van der Waals surface area contributed by atoms with Gasteiger partial charge in [0.25, 0.3) is 0 Å². The number of halogens is 2. The Morgan fingerprint density at radius 3 is 2.59 bits per heavy atom. The molecule has 0 spiro atoms. The molecule has 0 bridgehead atoms. The van der Waals surface area contributed by atoms with Gasteiger partial charge in [0.2, 0.25) is 5.91 Å². The maximum absolute atomic E-state index is 13.9. The molecule has 1 aromatic rings. The lowest BCUT2D eigenvalue weighted by atomic mass is 9.97. The lowest BCUT2D eigenvalue weighted by Crippen LogP contribution is -2.51. The minimum Gasteiger partial charge on any atom is -0.412 e. The molecule has 1 aliphatic heterocycles. The van der Waals surface area contributed by atoms with Gasteiger partial charge in [-0.1, -0.05) is 32.4 Å². The van der Waals surface area contributed by atoms with Crippen LogP contribution in [0.4, 0.5) is 4.39 Å². The zero-order valence-electron chi connectivity index (χ0n) is 17.1. The molecule has 1 N–H and O–H groups in total. The summed E-state index contributed by atoms with van der Waals surface area (Å²) in [6.07, 6.45) is 1.07. The first-order valence-corrected chi connectivity index (χ1v) is 12.7. The van der Waals surface area contributed by atoms with Crippen molar-refractivity contribution >= 4 is 25.8 Å². The molecule has 0 aliphatic carbocycles. The zero-order chi connectivity index (χ0) is 20.6. The number of hydrogen-bond acceptors (Lipinski definition) is 3. The van der Waals surface area contributed by atoms with Crippen LogP contribution in [0.3, 0.4) is 0 Å². The van der Waals surface area contributed by atoms with Crippen LogP contribution >= 0.6 is 11.6 Å². The standard InChI is InChI=1S/C20H31ClFNO3Si/c1-13(16-9-14(22)10-18(21)17(16)12-24)23-11-15(7-8-19(23)25)26-27(5,6)20(2,3)4/h9-10,13,15,24H,7-8,11-12H2,1-6H3/t13-,15-/m0/s1. The lowest BCUT2D eigenvalue weighted by molar-refractivity contribution is -0.139. The topological polar surface area (TPSA) is 49.8 Å². The van der Waals surface area contributed by atoms with Crippen LogP contribution in [0.2, 0.25) is 23.2 Å². The summed E-state index contributed by atoms with van der Waals surface area (Å²) in [7, 11) is -1.95. The molecule has 1 heterocycles. The van der Waals surface area contributed by atoms with E-state index in [4.69, 9.17) is 16.0 Å². The van der Waals surface area contributed by atoms with Crippen molar-refractivity contribution in [3.05, 3.63) is 34.1 Å². The van der Waals surface area contributed by atoms with Gasteiger partial charge in [0.05, 0.1) is 18.8 Å². The van der Waals surface area contributed by atoms with Crippen LogP contribution in [0.15, 0.2) is 12.1 Å². The van der Waals surface area contributed by atoms with Crippen LogP contribution < -0.4 is 0 Å². The van der Waals surface area contributed by atoms with Crippen molar-refractivity contribution in [2.45, 2.75) is 77.4 Å². The molecule has 0 saturated carbocycles. The van der Waals surface area contributed by atoms with Gasteiger partial charge in [-0.15, -0.1) is 0 Å². The average Bonchev–Trinajstić information content (AvgIpc) is 2.54. The summed E-state index contributed by atoms with van der Waals surface area (Å²) in [5.74, 6) is -0.459. The number of rotatable bonds is 5. The highest BCUT2D eigenvalue weighted by Crippen LogP contribution is 2.39. The fourth-order valence-electron chi connectivity index (χ4n) is 3.24. The smallest absolute Gasteiger partial charge is 0.223 e. The number of amides is 1. The van der Waals surface area contributed by atoms with Gasteiger partial charge >= 0.3 is 0 Å². The molecule has 152 valence electrons. The van der Waals surface area contributed by atoms with Crippen LogP contribution in [0.1, 0.15) is 57.7 Å². The van der Waals surface area contributed by atoms with Crippen LogP contribution in [-0.2, 0) is 15.8 Å². The molecule has 1 amide bonds. The Labute approximate surface area is 167 Å². The fourth-order valence-corrected chi connectivity index (χ4v) is 4.89. The van der Waals surface area contributed by atoms with Crippen molar-refractivity contribution in [2.24, 2.45) is 0 Å². The third kappa shape index (κ3) is 4.91. The molecule has 1 saturated heterocycles. The van der Waals surface area contributed by atoms with Gasteiger partial charge < -0.3 is 14.4 Å². The van der Waals surface area contributed by atoms with Crippen LogP contribution in [-0.4, -0.2) is 36.9 Å². The van der Waals surface area contributed by atoms with Crippen molar-refractivity contribution in [3.63, 3.8) is 0 Å². The van der Waals surface area contributed by atoms with Gasteiger partial charge in [-0.05, 0) is 49.2 Å². The Morgan fingerprint density at radius 2 is 2.04 bits per heavy atom. The minimum atomic E-state index is -1.95. The summed E-state index contributed by atoms with van der Waals surface area (Å²) in [6, 6.07) is 2.15. The first-order valence-electron chi connectivity index (χ1n) is 9.43. The number of benzene rings is 1. The number of aliphatic hydroxyl groups is 1. The normalized spacial score (nSPS) is 20.1. The monoisotopic (exact) mass is 415 g/mol. The van der Waals surface area contributed by atoms with Crippen molar-refractivity contribution < 1.29 is 18.7 Å². The van der Waals surface area contributed by atoms with Gasteiger partial charge in [0.1, 0.15) is 5.82 Å². The number of hydrogen-bond donors (Lipinski definition) is 1. The van der Waals surface area contributed by atoms with E-state index in [1.807, 2.05) is 6.92 Å². The van der Waals surface area contributed by atoms with Crippen molar-refractivity contribution in [1.29, 1.82) is 0 Å². The van der Waals surface area contributed by atoms with E-state index in [0.717, 1.165) is 0 Å². The Bertz CT molecular complexity index is 705. The summed E-state index contributed by atoms with van der Waals surface area (Å²) in [4.78, 5) is 14.3.